The van der Waals surface area contributed by atoms with Crippen molar-refractivity contribution in [2.24, 2.45) is 5.92 Å². The van der Waals surface area contributed by atoms with Gasteiger partial charge in [-0.2, -0.15) is 0 Å². The van der Waals surface area contributed by atoms with Gasteiger partial charge in [-0.3, -0.25) is 4.79 Å². The van der Waals surface area contributed by atoms with Crippen LogP contribution in [0.1, 0.15) is 54.6 Å². The van der Waals surface area contributed by atoms with Crippen LogP contribution in [0.5, 0.6) is 0 Å². The Bertz CT molecular complexity index is 569. The van der Waals surface area contributed by atoms with Crippen LogP contribution in [0.3, 0.4) is 0 Å². The summed E-state index contributed by atoms with van der Waals surface area (Å²) in [6.07, 6.45) is 0.778. The van der Waals surface area contributed by atoms with Crippen molar-refractivity contribution in [1.82, 2.24) is 0 Å². The van der Waals surface area contributed by atoms with Crippen molar-refractivity contribution in [2.45, 2.75) is 45.6 Å². The molecule has 0 aromatic heterocycles. The second kappa shape index (κ2) is 5.51. The molecular weight excluding hydrogens is 268 g/mol. The van der Waals surface area contributed by atoms with E-state index >= 15 is 0 Å². The summed E-state index contributed by atoms with van der Waals surface area (Å²) in [6.45, 7) is 7.59. The second-order valence-electron chi connectivity index (χ2n) is 6.55. The Morgan fingerprint density at radius 1 is 1.24 bits per heavy atom. The Kier molecular flexibility index (Phi) is 4.08. The predicted octanol–water partition coefficient (Wildman–Crippen LogP) is 3.23. The van der Waals surface area contributed by atoms with Crippen molar-refractivity contribution in [3.05, 3.63) is 34.9 Å². The number of ether oxygens (including phenoxy) is 2. The van der Waals surface area contributed by atoms with Crippen molar-refractivity contribution in [2.75, 3.05) is 7.11 Å². The Morgan fingerprint density at radius 3 is 2.48 bits per heavy atom. The summed E-state index contributed by atoms with van der Waals surface area (Å²) in [6, 6.07) is 5.47. The first kappa shape index (κ1) is 15.5. The van der Waals surface area contributed by atoms with Crippen LogP contribution in [-0.4, -0.2) is 24.6 Å². The lowest BCUT2D eigenvalue weighted by atomic mass is 10.00. The third-order valence-electron chi connectivity index (χ3n) is 3.60. The SMILES string of the molecule is COC(=O)c1ccc(C)c([C@@H]2C[C@H]2C(=O)OC(C)(C)C)c1. The molecule has 0 heterocycles. The van der Waals surface area contributed by atoms with Gasteiger partial charge in [0.25, 0.3) is 0 Å². The molecule has 114 valence electrons. The molecule has 1 aliphatic rings. The number of benzene rings is 1. The maximum Gasteiger partial charge on any atom is 0.337 e. The largest absolute Gasteiger partial charge is 0.465 e. The van der Waals surface area contributed by atoms with E-state index in [0.717, 1.165) is 17.5 Å². The molecule has 0 spiro atoms. The molecule has 21 heavy (non-hydrogen) atoms. The number of aryl methyl sites for hydroxylation is 1. The minimum absolute atomic E-state index is 0.101. The van der Waals surface area contributed by atoms with E-state index in [1.54, 1.807) is 6.07 Å². The number of hydrogen-bond acceptors (Lipinski definition) is 4. The van der Waals surface area contributed by atoms with E-state index in [2.05, 4.69) is 0 Å². The molecule has 0 amide bonds. The Hall–Kier alpha value is -1.84. The lowest BCUT2D eigenvalue weighted by Gasteiger charge is -2.19. The number of rotatable bonds is 3. The lowest BCUT2D eigenvalue weighted by Crippen LogP contribution is -2.25. The zero-order valence-electron chi connectivity index (χ0n) is 13.2. The standard InChI is InChI=1S/C17H22O4/c1-10-6-7-11(15(18)20-5)8-12(10)13-9-14(13)16(19)21-17(2,3)4/h6-8,13-14H,9H2,1-5H3/t13-,14+/m0/s1. The van der Waals surface area contributed by atoms with Crippen LogP contribution < -0.4 is 0 Å². The highest BCUT2D eigenvalue weighted by Gasteiger charge is 2.46. The summed E-state index contributed by atoms with van der Waals surface area (Å²) in [5.74, 6) is -0.471. The highest BCUT2D eigenvalue weighted by molar-refractivity contribution is 5.90. The topological polar surface area (TPSA) is 52.6 Å². The highest BCUT2D eigenvalue weighted by Crippen LogP contribution is 2.49. The normalized spacial score (nSPS) is 20.8. The van der Waals surface area contributed by atoms with Crippen LogP contribution in [0, 0.1) is 12.8 Å². The molecule has 0 bridgehead atoms. The fourth-order valence-corrected chi connectivity index (χ4v) is 2.46. The number of hydrogen-bond donors (Lipinski definition) is 0. The maximum atomic E-state index is 12.1. The molecule has 0 aliphatic heterocycles. The third kappa shape index (κ3) is 3.63. The predicted molar refractivity (Wildman–Crippen MR) is 79.2 cm³/mol. The van der Waals surface area contributed by atoms with E-state index in [4.69, 9.17) is 9.47 Å². The average molecular weight is 290 g/mol. The van der Waals surface area contributed by atoms with Gasteiger partial charge < -0.3 is 9.47 Å². The van der Waals surface area contributed by atoms with E-state index in [-0.39, 0.29) is 23.8 Å². The first-order chi connectivity index (χ1) is 9.73. The number of carbonyl (C=O) groups is 2. The zero-order valence-corrected chi connectivity index (χ0v) is 13.2. The summed E-state index contributed by atoms with van der Waals surface area (Å²) in [5, 5.41) is 0. The Morgan fingerprint density at radius 2 is 1.90 bits per heavy atom. The molecule has 1 fully saturated rings. The first-order valence-corrected chi connectivity index (χ1v) is 7.14. The first-order valence-electron chi connectivity index (χ1n) is 7.14. The number of methoxy groups -OCH3 is 1. The summed E-state index contributed by atoms with van der Waals surface area (Å²) in [7, 11) is 1.36. The van der Waals surface area contributed by atoms with E-state index < -0.39 is 5.60 Å². The van der Waals surface area contributed by atoms with E-state index in [1.165, 1.54) is 7.11 Å². The smallest absolute Gasteiger partial charge is 0.337 e. The van der Waals surface area contributed by atoms with Crippen molar-refractivity contribution >= 4 is 11.9 Å². The van der Waals surface area contributed by atoms with Crippen LogP contribution >= 0.6 is 0 Å². The minimum Gasteiger partial charge on any atom is -0.465 e. The van der Waals surface area contributed by atoms with Crippen molar-refractivity contribution in [1.29, 1.82) is 0 Å². The molecular formula is C17H22O4. The van der Waals surface area contributed by atoms with E-state index in [9.17, 15) is 9.59 Å². The minimum atomic E-state index is -0.465. The van der Waals surface area contributed by atoms with Gasteiger partial charge in [-0.05, 0) is 63.3 Å². The second-order valence-corrected chi connectivity index (χ2v) is 6.55. The molecule has 2 atom stereocenters. The summed E-state index contributed by atoms with van der Waals surface area (Å²) >= 11 is 0. The molecule has 1 aromatic carbocycles. The summed E-state index contributed by atoms with van der Waals surface area (Å²) in [4.78, 5) is 23.7. The monoisotopic (exact) mass is 290 g/mol. The Balaban J connectivity index is 2.14. The van der Waals surface area contributed by atoms with E-state index in [0.29, 0.717) is 5.56 Å². The molecule has 1 saturated carbocycles. The van der Waals surface area contributed by atoms with Crippen molar-refractivity contribution < 1.29 is 19.1 Å². The molecule has 0 saturated heterocycles. The molecule has 2 rings (SSSR count). The van der Waals surface area contributed by atoms with Crippen LogP contribution in [0.15, 0.2) is 18.2 Å². The van der Waals surface area contributed by atoms with Gasteiger partial charge in [-0.1, -0.05) is 6.07 Å². The molecule has 0 unspecified atom stereocenters. The van der Waals surface area contributed by atoms with Gasteiger partial charge in [0.15, 0.2) is 0 Å². The average Bonchev–Trinajstić information content (AvgIpc) is 3.16. The van der Waals surface area contributed by atoms with Gasteiger partial charge in [0.1, 0.15) is 5.60 Å². The van der Waals surface area contributed by atoms with Crippen molar-refractivity contribution in [3.63, 3.8) is 0 Å². The fraction of sp³-hybridized carbons (Fsp3) is 0.529. The molecule has 4 nitrogen and oxygen atoms in total. The fourth-order valence-electron chi connectivity index (χ4n) is 2.46. The third-order valence-corrected chi connectivity index (χ3v) is 3.60. The summed E-state index contributed by atoms with van der Waals surface area (Å²) < 4.78 is 10.2. The summed E-state index contributed by atoms with van der Waals surface area (Å²) in [5.41, 5.74) is 2.17. The van der Waals surface area contributed by atoms with Crippen molar-refractivity contribution in [3.8, 4) is 0 Å². The zero-order chi connectivity index (χ0) is 15.8. The van der Waals surface area contributed by atoms with Gasteiger partial charge in [0.2, 0.25) is 0 Å². The van der Waals surface area contributed by atoms with Crippen LogP contribution in [0.4, 0.5) is 0 Å². The van der Waals surface area contributed by atoms with Gasteiger partial charge in [-0.25, -0.2) is 4.79 Å². The Labute approximate surface area is 125 Å². The van der Waals surface area contributed by atoms with E-state index in [1.807, 2.05) is 39.8 Å². The van der Waals surface area contributed by atoms with Crippen LogP contribution in [0.25, 0.3) is 0 Å². The van der Waals surface area contributed by atoms with Gasteiger partial charge in [0.05, 0.1) is 18.6 Å². The van der Waals surface area contributed by atoms with Gasteiger partial charge in [0, 0.05) is 0 Å². The number of esters is 2. The van der Waals surface area contributed by atoms with Crippen LogP contribution in [0.2, 0.25) is 0 Å². The maximum absolute atomic E-state index is 12.1. The quantitative estimate of drug-likeness (QED) is 0.802. The van der Waals surface area contributed by atoms with Gasteiger partial charge in [-0.15, -0.1) is 0 Å². The molecule has 0 N–H and O–H groups in total. The molecule has 0 radical (unpaired) electrons. The molecule has 1 aromatic rings. The highest BCUT2D eigenvalue weighted by atomic mass is 16.6. The lowest BCUT2D eigenvalue weighted by molar-refractivity contribution is -0.156. The number of carbonyl (C=O) groups excluding carboxylic acids is 2. The van der Waals surface area contributed by atoms with Gasteiger partial charge >= 0.3 is 11.9 Å². The molecule has 1 aliphatic carbocycles. The van der Waals surface area contributed by atoms with Crippen LogP contribution in [-0.2, 0) is 14.3 Å². The molecule has 4 heteroatoms.